The Balaban J connectivity index is 2.90. The summed E-state index contributed by atoms with van der Waals surface area (Å²) >= 11 is 5.58. The molecule has 1 aromatic carbocycles. The number of nitrogens with one attached hydrogen (secondary N) is 1. The Morgan fingerprint density at radius 1 is 1.58 bits per heavy atom. The minimum absolute atomic E-state index is 0.0580. The van der Waals surface area contributed by atoms with Gasteiger partial charge in [-0.05, 0) is 19.4 Å². The molecule has 104 valence electrons. The first-order valence-electron chi connectivity index (χ1n) is 5.68. The third-order valence-electron chi connectivity index (χ3n) is 2.56. The van der Waals surface area contributed by atoms with Crippen LogP contribution in [0.15, 0.2) is 18.2 Å². The van der Waals surface area contributed by atoms with Gasteiger partial charge in [-0.15, -0.1) is 11.6 Å². The number of methoxy groups -OCH3 is 1. The first-order chi connectivity index (χ1) is 8.99. The van der Waals surface area contributed by atoms with Gasteiger partial charge < -0.3 is 10.1 Å². The lowest BCUT2D eigenvalue weighted by Crippen LogP contribution is -2.32. The number of rotatable bonds is 6. The molecule has 0 heterocycles. The van der Waals surface area contributed by atoms with Gasteiger partial charge in [0.2, 0.25) is 0 Å². The first-order valence-corrected chi connectivity index (χ1v) is 6.22. The van der Waals surface area contributed by atoms with Crippen molar-refractivity contribution in [2.45, 2.75) is 19.4 Å². The van der Waals surface area contributed by atoms with Crippen LogP contribution in [0.1, 0.15) is 23.7 Å². The van der Waals surface area contributed by atoms with Crippen molar-refractivity contribution >= 4 is 23.2 Å². The summed E-state index contributed by atoms with van der Waals surface area (Å²) in [5.41, 5.74) is 0.136. The van der Waals surface area contributed by atoms with E-state index in [1.54, 1.807) is 0 Å². The quantitative estimate of drug-likeness (QED) is 0.494. The third kappa shape index (κ3) is 4.10. The van der Waals surface area contributed by atoms with Crippen LogP contribution < -0.4 is 10.1 Å². The number of amides is 1. The monoisotopic (exact) mass is 286 g/mol. The lowest BCUT2D eigenvalue weighted by Gasteiger charge is -2.12. The number of nitro benzene ring substituents is 1. The molecule has 1 unspecified atom stereocenters. The molecule has 0 bridgehead atoms. The van der Waals surface area contributed by atoms with Gasteiger partial charge >= 0.3 is 5.69 Å². The number of nitro groups is 1. The number of carbonyl (C=O) groups is 1. The van der Waals surface area contributed by atoms with E-state index in [0.717, 1.165) is 0 Å². The molecule has 1 atom stereocenters. The van der Waals surface area contributed by atoms with E-state index in [0.29, 0.717) is 17.9 Å². The number of carbonyl (C=O) groups excluding carboxylic acids is 1. The van der Waals surface area contributed by atoms with Gasteiger partial charge in [-0.2, -0.15) is 0 Å². The molecule has 1 N–H and O–H groups in total. The van der Waals surface area contributed by atoms with Crippen LogP contribution in [-0.4, -0.2) is 29.9 Å². The number of hydrogen-bond acceptors (Lipinski definition) is 4. The van der Waals surface area contributed by atoms with Crippen LogP contribution in [0.5, 0.6) is 5.75 Å². The van der Waals surface area contributed by atoms with E-state index in [1.165, 1.54) is 25.3 Å². The average molecular weight is 287 g/mol. The van der Waals surface area contributed by atoms with E-state index < -0.39 is 4.92 Å². The van der Waals surface area contributed by atoms with Crippen molar-refractivity contribution in [3.8, 4) is 5.75 Å². The summed E-state index contributed by atoms with van der Waals surface area (Å²) in [6.45, 7) is 1.84. The number of halogens is 1. The van der Waals surface area contributed by atoms with Crippen molar-refractivity contribution < 1.29 is 14.5 Å². The molecule has 6 nitrogen and oxygen atoms in total. The van der Waals surface area contributed by atoms with Gasteiger partial charge in [0.05, 0.1) is 12.0 Å². The maximum Gasteiger partial charge on any atom is 0.310 e. The molecule has 0 aliphatic heterocycles. The molecule has 0 aliphatic rings. The van der Waals surface area contributed by atoms with E-state index in [2.05, 4.69) is 5.32 Å². The second kappa shape index (κ2) is 6.94. The Labute approximate surface area is 115 Å². The standard InChI is InChI=1S/C12H15ClN2O4/c1-8(5-6-13)14-12(16)9-3-4-10(15(17)18)11(7-9)19-2/h3-4,7-8H,5-6H2,1-2H3,(H,14,16). The summed E-state index contributed by atoms with van der Waals surface area (Å²) < 4.78 is 4.91. The molecular weight excluding hydrogens is 272 g/mol. The van der Waals surface area contributed by atoms with Crippen molar-refractivity contribution in [2.75, 3.05) is 13.0 Å². The molecule has 0 aliphatic carbocycles. The Hall–Kier alpha value is -1.82. The van der Waals surface area contributed by atoms with Crippen molar-refractivity contribution in [3.63, 3.8) is 0 Å². The van der Waals surface area contributed by atoms with E-state index in [1.807, 2.05) is 6.92 Å². The number of ether oxygens (including phenoxy) is 1. The summed E-state index contributed by atoms with van der Waals surface area (Å²) in [4.78, 5) is 22.1. The van der Waals surface area contributed by atoms with Crippen molar-refractivity contribution in [3.05, 3.63) is 33.9 Å². The zero-order valence-corrected chi connectivity index (χ0v) is 11.4. The van der Waals surface area contributed by atoms with Crippen LogP contribution in [0.3, 0.4) is 0 Å². The predicted molar refractivity (Wildman–Crippen MR) is 71.9 cm³/mol. The number of nitrogens with zero attached hydrogens (tertiary/aromatic N) is 1. The lowest BCUT2D eigenvalue weighted by atomic mass is 10.1. The van der Waals surface area contributed by atoms with Crippen molar-refractivity contribution in [2.24, 2.45) is 0 Å². The highest BCUT2D eigenvalue weighted by atomic mass is 35.5. The first kappa shape index (κ1) is 15.2. The Kier molecular flexibility index (Phi) is 5.57. The zero-order chi connectivity index (χ0) is 14.4. The van der Waals surface area contributed by atoms with Gasteiger partial charge in [-0.25, -0.2) is 0 Å². The molecule has 1 aromatic rings. The summed E-state index contributed by atoms with van der Waals surface area (Å²) in [5, 5.41) is 13.5. The number of alkyl halides is 1. The average Bonchev–Trinajstić information content (AvgIpc) is 2.37. The molecule has 0 radical (unpaired) electrons. The molecule has 0 fully saturated rings. The van der Waals surface area contributed by atoms with Gasteiger partial charge in [0, 0.05) is 29.6 Å². The fourth-order valence-corrected chi connectivity index (χ4v) is 1.84. The molecule has 1 amide bonds. The van der Waals surface area contributed by atoms with Crippen LogP contribution >= 0.6 is 11.6 Å². The van der Waals surface area contributed by atoms with Gasteiger partial charge in [-0.1, -0.05) is 0 Å². The van der Waals surface area contributed by atoms with Gasteiger partial charge in [0.25, 0.3) is 5.91 Å². The lowest BCUT2D eigenvalue weighted by molar-refractivity contribution is -0.385. The van der Waals surface area contributed by atoms with Gasteiger partial charge in [0.15, 0.2) is 5.75 Å². The predicted octanol–water partition coefficient (Wildman–Crippen LogP) is 2.35. The van der Waals surface area contributed by atoms with Crippen molar-refractivity contribution in [1.29, 1.82) is 0 Å². The van der Waals surface area contributed by atoms with E-state index in [9.17, 15) is 14.9 Å². The third-order valence-corrected chi connectivity index (χ3v) is 2.78. The van der Waals surface area contributed by atoms with Crippen LogP contribution in [-0.2, 0) is 0 Å². The van der Waals surface area contributed by atoms with Gasteiger partial charge in [0.1, 0.15) is 0 Å². The van der Waals surface area contributed by atoms with Crippen LogP contribution in [0.2, 0.25) is 0 Å². The highest BCUT2D eigenvalue weighted by Gasteiger charge is 2.18. The van der Waals surface area contributed by atoms with E-state index in [4.69, 9.17) is 16.3 Å². The van der Waals surface area contributed by atoms with Crippen LogP contribution in [0.4, 0.5) is 5.69 Å². The number of benzene rings is 1. The Morgan fingerprint density at radius 3 is 2.79 bits per heavy atom. The fraction of sp³-hybridized carbons (Fsp3) is 0.417. The minimum atomic E-state index is -0.559. The van der Waals surface area contributed by atoms with Crippen LogP contribution in [0.25, 0.3) is 0 Å². The topological polar surface area (TPSA) is 81.5 Å². The molecule has 0 saturated carbocycles. The summed E-state index contributed by atoms with van der Waals surface area (Å²) in [6, 6.07) is 3.93. The Morgan fingerprint density at radius 2 is 2.26 bits per heavy atom. The zero-order valence-electron chi connectivity index (χ0n) is 10.7. The van der Waals surface area contributed by atoms with E-state index in [-0.39, 0.29) is 23.4 Å². The number of hydrogen-bond donors (Lipinski definition) is 1. The smallest absolute Gasteiger partial charge is 0.310 e. The highest BCUT2D eigenvalue weighted by molar-refractivity contribution is 6.17. The second-order valence-electron chi connectivity index (χ2n) is 4.00. The summed E-state index contributed by atoms with van der Waals surface area (Å²) in [7, 11) is 1.32. The summed E-state index contributed by atoms with van der Waals surface area (Å²) in [6.07, 6.45) is 0.650. The van der Waals surface area contributed by atoms with Gasteiger partial charge in [-0.3, -0.25) is 14.9 Å². The molecule has 19 heavy (non-hydrogen) atoms. The maximum absolute atomic E-state index is 11.9. The second-order valence-corrected chi connectivity index (χ2v) is 4.37. The molecular formula is C12H15ClN2O4. The maximum atomic E-state index is 11.9. The summed E-state index contributed by atoms with van der Waals surface area (Å²) in [5.74, 6) is 0.193. The SMILES string of the molecule is COc1cc(C(=O)NC(C)CCCl)ccc1[N+](=O)[O-]. The Bertz CT molecular complexity index is 479. The van der Waals surface area contributed by atoms with E-state index >= 15 is 0 Å². The molecule has 0 saturated heterocycles. The highest BCUT2D eigenvalue weighted by Crippen LogP contribution is 2.27. The minimum Gasteiger partial charge on any atom is -0.490 e. The molecule has 1 rings (SSSR count). The fourth-order valence-electron chi connectivity index (χ4n) is 1.51. The van der Waals surface area contributed by atoms with Crippen LogP contribution in [0, 0.1) is 10.1 Å². The molecule has 0 aromatic heterocycles. The molecule has 7 heteroatoms. The largest absolute Gasteiger partial charge is 0.490 e. The molecule has 0 spiro atoms. The normalized spacial score (nSPS) is 11.7. The van der Waals surface area contributed by atoms with Crippen molar-refractivity contribution in [1.82, 2.24) is 5.32 Å².